The molecule has 2 rings (SSSR count). The average Bonchev–Trinajstić information content (AvgIpc) is 2.88. The number of anilines is 1. The van der Waals surface area contributed by atoms with Crippen LogP contribution in [0.25, 0.3) is 0 Å². The quantitative estimate of drug-likeness (QED) is 0.513. The van der Waals surface area contributed by atoms with E-state index in [4.69, 9.17) is 4.74 Å². The summed E-state index contributed by atoms with van der Waals surface area (Å²) >= 11 is 1.16. The summed E-state index contributed by atoms with van der Waals surface area (Å²) in [5.74, 6) is -1.19. The second-order valence-electron chi connectivity index (χ2n) is 4.57. The Morgan fingerprint density at radius 3 is 2.70 bits per heavy atom. The van der Waals surface area contributed by atoms with Gasteiger partial charge in [0, 0.05) is 6.07 Å². The predicted molar refractivity (Wildman–Crippen MR) is 86.1 cm³/mol. The molecule has 0 spiro atoms. The summed E-state index contributed by atoms with van der Waals surface area (Å²) in [7, 11) is 0. The predicted octanol–water partition coefficient (Wildman–Crippen LogP) is 3.39. The van der Waals surface area contributed by atoms with Crippen molar-refractivity contribution in [3.8, 4) is 0 Å². The number of para-hydroxylation sites is 1. The number of ether oxygens (including phenoxy) is 1. The Labute approximate surface area is 136 Å². The van der Waals surface area contributed by atoms with Crippen LogP contribution >= 0.6 is 11.3 Å². The molecule has 1 aromatic heterocycles. The van der Waals surface area contributed by atoms with Gasteiger partial charge in [-0.3, -0.25) is 14.9 Å². The van der Waals surface area contributed by atoms with Crippen LogP contribution in [0.1, 0.15) is 33.2 Å². The lowest BCUT2D eigenvalue weighted by molar-refractivity contribution is -0.385. The summed E-state index contributed by atoms with van der Waals surface area (Å²) in [4.78, 5) is 34.7. The van der Waals surface area contributed by atoms with E-state index < -0.39 is 16.8 Å². The number of carbonyl (C=O) groups excluding carboxylic acids is 2. The molecule has 2 aromatic rings. The van der Waals surface area contributed by atoms with Gasteiger partial charge in [0.15, 0.2) is 0 Å². The number of hydrogen-bond acceptors (Lipinski definition) is 6. The Morgan fingerprint density at radius 2 is 2.04 bits per heavy atom. The van der Waals surface area contributed by atoms with E-state index in [9.17, 15) is 19.7 Å². The van der Waals surface area contributed by atoms with Gasteiger partial charge in [0.05, 0.1) is 17.1 Å². The number of carbonyl (C=O) groups is 2. The van der Waals surface area contributed by atoms with Gasteiger partial charge >= 0.3 is 5.97 Å². The molecule has 0 aliphatic rings. The summed E-state index contributed by atoms with van der Waals surface area (Å²) in [5.41, 5.74) is 0.574. The summed E-state index contributed by atoms with van der Waals surface area (Å²) in [6, 6.07) is 5.63. The zero-order valence-corrected chi connectivity index (χ0v) is 13.3. The van der Waals surface area contributed by atoms with Crippen LogP contribution in [-0.4, -0.2) is 23.4 Å². The number of hydrogen-bond donors (Lipinski definition) is 1. The number of thiophene rings is 1. The summed E-state index contributed by atoms with van der Waals surface area (Å²) in [5, 5.41) is 15.6. The highest BCUT2D eigenvalue weighted by Crippen LogP contribution is 2.29. The minimum atomic E-state index is -0.648. The Balaban J connectivity index is 2.32. The van der Waals surface area contributed by atoms with Gasteiger partial charge in [-0.2, -0.15) is 0 Å². The molecule has 0 fully saturated rings. The highest BCUT2D eigenvalue weighted by atomic mass is 32.1. The monoisotopic (exact) mass is 334 g/mol. The largest absolute Gasteiger partial charge is 0.462 e. The van der Waals surface area contributed by atoms with E-state index >= 15 is 0 Å². The van der Waals surface area contributed by atoms with Gasteiger partial charge in [-0.15, -0.1) is 11.3 Å². The van der Waals surface area contributed by atoms with Gasteiger partial charge in [-0.25, -0.2) is 4.79 Å². The van der Waals surface area contributed by atoms with E-state index in [1.165, 1.54) is 24.3 Å². The second-order valence-corrected chi connectivity index (χ2v) is 5.45. The fourth-order valence-electron chi connectivity index (χ4n) is 1.99. The fraction of sp³-hybridized carbons (Fsp3) is 0.200. The molecule has 0 atom stereocenters. The Morgan fingerprint density at radius 1 is 1.35 bits per heavy atom. The van der Waals surface area contributed by atoms with Gasteiger partial charge in [-0.05, 0) is 30.9 Å². The molecule has 0 bridgehead atoms. The van der Waals surface area contributed by atoms with Crippen molar-refractivity contribution < 1.29 is 19.2 Å². The highest BCUT2D eigenvalue weighted by molar-refractivity contribution is 7.15. The molecule has 0 aliphatic heterocycles. The lowest BCUT2D eigenvalue weighted by Crippen LogP contribution is -2.16. The maximum Gasteiger partial charge on any atom is 0.341 e. The Bertz CT molecular complexity index is 769. The Hall–Kier alpha value is -2.74. The number of aryl methyl sites for hydroxylation is 1. The summed E-state index contributed by atoms with van der Waals surface area (Å²) < 4.78 is 4.97. The first kappa shape index (κ1) is 16.6. The number of esters is 1. The van der Waals surface area contributed by atoms with Crippen molar-refractivity contribution in [3.05, 3.63) is 56.5 Å². The SMILES string of the molecule is CCOC(=O)c1c(C)csc1NC(=O)c1ccccc1[N+](=O)[O-]. The summed E-state index contributed by atoms with van der Waals surface area (Å²) in [6.07, 6.45) is 0. The number of nitro benzene ring substituents is 1. The molecule has 8 heteroatoms. The fourth-order valence-corrected chi connectivity index (χ4v) is 2.91. The normalized spacial score (nSPS) is 10.2. The molecule has 0 radical (unpaired) electrons. The molecule has 7 nitrogen and oxygen atoms in total. The van der Waals surface area contributed by atoms with E-state index in [2.05, 4.69) is 5.32 Å². The maximum absolute atomic E-state index is 12.3. The molecule has 0 aliphatic carbocycles. The molecule has 0 saturated carbocycles. The lowest BCUT2D eigenvalue weighted by atomic mass is 10.1. The van der Waals surface area contributed by atoms with E-state index in [0.717, 1.165) is 11.3 Å². The topological polar surface area (TPSA) is 98.5 Å². The van der Waals surface area contributed by atoms with Crippen LogP contribution in [0.2, 0.25) is 0 Å². The molecule has 1 N–H and O–H groups in total. The molecule has 1 aromatic carbocycles. The van der Waals surface area contributed by atoms with Gasteiger partial charge in [-0.1, -0.05) is 12.1 Å². The molecule has 1 amide bonds. The number of nitrogens with zero attached hydrogens (tertiary/aromatic N) is 1. The number of benzene rings is 1. The number of rotatable bonds is 5. The van der Waals surface area contributed by atoms with Crippen molar-refractivity contribution in [2.45, 2.75) is 13.8 Å². The van der Waals surface area contributed by atoms with Crippen LogP contribution in [0.15, 0.2) is 29.6 Å². The first-order valence-corrected chi connectivity index (χ1v) is 7.63. The van der Waals surface area contributed by atoms with E-state index in [-0.39, 0.29) is 23.4 Å². The van der Waals surface area contributed by atoms with Gasteiger partial charge < -0.3 is 10.1 Å². The average molecular weight is 334 g/mol. The van der Waals surface area contributed by atoms with Crippen LogP contribution in [0, 0.1) is 17.0 Å². The molecule has 0 unspecified atom stereocenters. The molecule has 120 valence electrons. The zero-order chi connectivity index (χ0) is 17.0. The number of nitro groups is 1. The lowest BCUT2D eigenvalue weighted by Gasteiger charge is -2.07. The van der Waals surface area contributed by atoms with Gasteiger partial charge in [0.2, 0.25) is 0 Å². The van der Waals surface area contributed by atoms with Crippen LogP contribution < -0.4 is 5.32 Å². The van der Waals surface area contributed by atoms with Crippen molar-refractivity contribution in [1.82, 2.24) is 0 Å². The van der Waals surface area contributed by atoms with Crippen LogP contribution in [0.3, 0.4) is 0 Å². The Kier molecular flexibility index (Phi) is 5.07. The molecule has 0 saturated heterocycles. The van der Waals surface area contributed by atoms with E-state index in [1.54, 1.807) is 19.2 Å². The van der Waals surface area contributed by atoms with Crippen molar-refractivity contribution in [1.29, 1.82) is 0 Å². The number of amides is 1. The number of nitrogens with one attached hydrogen (secondary N) is 1. The molecular weight excluding hydrogens is 320 g/mol. The smallest absolute Gasteiger partial charge is 0.341 e. The molecule has 23 heavy (non-hydrogen) atoms. The van der Waals surface area contributed by atoms with E-state index in [1.807, 2.05) is 0 Å². The third-order valence-electron chi connectivity index (χ3n) is 3.03. The van der Waals surface area contributed by atoms with Crippen molar-refractivity contribution in [2.75, 3.05) is 11.9 Å². The third kappa shape index (κ3) is 3.54. The molecule has 1 heterocycles. The summed E-state index contributed by atoms with van der Waals surface area (Å²) in [6.45, 7) is 3.63. The highest BCUT2D eigenvalue weighted by Gasteiger charge is 2.23. The molecular formula is C15H14N2O5S. The van der Waals surface area contributed by atoms with Crippen LogP contribution in [0.5, 0.6) is 0 Å². The van der Waals surface area contributed by atoms with Gasteiger partial charge in [0.1, 0.15) is 10.6 Å². The van der Waals surface area contributed by atoms with E-state index in [0.29, 0.717) is 10.6 Å². The van der Waals surface area contributed by atoms with Crippen LogP contribution in [0.4, 0.5) is 10.7 Å². The van der Waals surface area contributed by atoms with Crippen molar-refractivity contribution in [3.63, 3.8) is 0 Å². The minimum Gasteiger partial charge on any atom is -0.462 e. The van der Waals surface area contributed by atoms with Crippen molar-refractivity contribution >= 4 is 33.9 Å². The standard InChI is InChI=1S/C15H14N2O5S/c1-3-22-15(19)12-9(2)8-23-14(12)16-13(18)10-6-4-5-7-11(10)17(20)21/h4-8H,3H2,1-2H3,(H,16,18). The second kappa shape index (κ2) is 7.01. The first-order chi connectivity index (χ1) is 11.0. The van der Waals surface area contributed by atoms with Crippen molar-refractivity contribution in [2.24, 2.45) is 0 Å². The van der Waals surface area contributed by atoms with Gasteiger partial charge in [0.25, 0.3) is 11.6 Å². The minimum absolute atomic E-state index is 0.0710. The maximum atomic E-state index is 12.3. The van der Waals surface area contributed by atoms with Crippen LogP contribution in [-0.2, 0) is 4.74 Å². The third-order valence-corrected chi connectivity index (χ3v) is 4.04. The first-order valence-electron chi connectivity index (χ1n) is 6.75. The zero-order valence-electron chi connectivity index (χ0n) is 12.5.